The molecular weight excluding hydrogens is 316 g/mol. The van der Waals surface area contributed by atoms with E-state index < -0.39 is 0 Å². The van der Waals surface area contributed by atoms with Gasteiger partial charge >= 0.3 is 0 Å². The highest BCUT2D eigenvalue weighted by molar-refractivity contribution is 8.02. The van der Waals surface area contributed by atoms with E-state index in [1.807, 2.05) is 38.1 Å². The van der Waals surface area contributed by atoms with Crippen LogP contribution in [0.4, 0.5) is 5.13 Å². The minimum Gasteiger partial charge on any atom is -0.360 e. The van der Waals surface area contributed by atoms with Crippen molar-refractivity contribution < 1.29 is 4.79 Å². The number of anilines is 1. The maximum absolute atomic E-state index is 12.7. The van der Waals surface area contributed by atoms with Crippen LogP contribution in [-0.4, -0.2) is 32.8 Å². The summed E-state index contributed by atoms with van der Waals surface area (Å²) < 4.78 is 0.802. The zero-order valence-corrected chi connectivity index (χ0v) is 13.9. The normalized spacial score (nSPS) is 12.5. The van der Waals surface area contributed by atoms with Gasteiger partial charge in [-0.3, -0.25) is 4.79 Å². The van der Waals surface area contributed by atoms with Crippen molar-refractivity contribution in [1.29, 1.82) is 0 Å². The van der Waals surface area contributed by atoms with E-state index in [1.54, 1.807) is 6.20 Å². The van der Waals surface area contributed by atoms with E-state index in [0.717, 1.165) is 32.5 Å². The first-order valence-electron chi connectivity index (χ1n) is 7.03. The predicted octanol–water partition coefficient (Wildman–Crippen LogP) is 3.81. The summed E-state index contributed by atoms with van der Waals surface area (Å²) in [6, 6.07) is 7.83. The SMILES string of the molecule is CCNc1nnc(S[C@H](C)C(=O)c2c[nH]c3ccccc23)s1. The molecule has 5 nitrogen and oxygen atoms in total. The lowest BCUT2D eigenvalue weighted by Crippen LogP contribution is -2.12. The molecule has 2 heterocycles. The number of nitrogens with zero attached hydrogens (tertiary/aromatic N) is 2. The Kier molecular flexibility index (Phi) is 4.44. The lowest BCUT2D eigenvalue weighted by Gasteiger charge is -2.06. The second-order valence-corrected chi connectivity index (χ2v) is 7.34. The fourth-order valence-corrected chi connectivity index (χ4v) is 4.21. The Balaban J connectivity index is 1.76. The fraction of sp³-hybridized carbons (Fsp3) is 0.267. The molecule has 0 saturated heterocycles. The largest absolute Gasteiger partial charge is 0.360 e. The number of carbonyl (C=O) groups is 1. The van der Waals surface area contributed by atoms with Gasteiger partial charge in [-0.05, 0) is 19.9 Å². The number of benzene rings is 1. The molecule has 7 heteroatoms. The molecule has 0 saturated carbocycles. The van der Waals surface area contributed by atoms with E-state index in [0.29, 0.717) is 0 Å². The predicted molar refractivity (Wildman–Crippen MR) is 92.0 cm³/mol. The maximum atomic E-state index is 12.7. The zero-order valence-electron chi connectivity index (χ0n) is 12.3. The van der Waals surface area contributed by atoms with Crippen molar-refractivity contribution in [3.63, 3.8) is 0 Å². The molecule has 0 radical (unpaired) electrons. The van der Waals surface area contributed by atoms with Gasteiger partial charge in [0, 0.05) is 29.2 Å². The van der Waals surface area contributed by atoms with Gasteiger partial charge in [-0.25, -0.2) is 0 Å². The van der Waals surface area contributed by atoms with Gasteiger partial charge in [-0.2, -0.15) is 0 Å². The summed E-state index contributed by atoms with van der Waals surface area (Å²) in [5.41, 5.74) is 1.71. The Labute approximate surface area is 136 Å². The van der Waals surface area contributed by atoms with Crippen molar-refractivity contribution in [2.24, 2.45) is 0 Å². The summed E-state index contributed by atoms with van der Waals surface area (Å²) >= 11 is 2.92. The third-order valence-corrected chi connectivity index (χ3v) is 5.30. The molecule has 0 aliphatic heterocycles. The minimum absolute atomic E-state index is 0.0997. The molecule has 1 atom stereocenters. The molecule has 2 N–H and O–H groups in total. The number of nitrogens with one attached hydrogen (secondary N) is 2. The van der Waals surface area contributed by atoms with Crippen molar-refractivity contribution in [1.82, 2.24) is 15.2 Å². The summed E-state index contributed by atoms with van der Waals surface area (Å²) in [4.78, 5) is 15.8. The van der Waals surface area contributed by atoms with Crippen LogP contribution in [0.3, 0.4) is 0 Å². The first kappa shape index (κ1) is 15.1. The van der Waals surface area contributed by atoms with Gasteiger partial charge in [0.1, 0.15) is 0 Å². The van der Waals surface area contributed by atoms with Gasteiger partial charge in [0.15, 0.2) is 10.1 Å². The van der Waals surface area contributed by atoms with Crippen LogP contribution in [-0.2, 0) is 0 Å². The lowest BCUT2D eigenvalue weighted by atomic mass is 10.1. The molecule has 0 bridgehead atoms. The van der Waals surface area contributed by atoms with Crippen LogP contribution in [0, 0.1) is 0 Å². The van der Waals surface area contributed by atoms with Crippen molar-refractivity contribution in [3.05, 3.63) is 36.0 Å². The summed E-state index contributed by atoms with van der Waals surface area (Å²) in [5.74, 6) is 0.0997. The Morgan fingerprint density at radius 1 is 1.41 bits per heavy atom. The topological polar surface area (TPSA) is 70.7 Å². The van der Waals surface area contributed by atoms with Gasteiger partial charge < -0.3 is 10.3 Å². The van der Waals surface area contributed by atoms with Gasteiger partial charge in [-0.15, -0.1) is 10.2 Å². The second kappa shape index (κ2) is 6.50. The van der Waals surface area contributed by atoms with Crippen molar-refractivity contribution in [3.8, 4) is 0 Å². The van der Waals surface area contributed by atoms with Crippen LogP contribution in [0.15, 0.2) is 34.8 Å². The molecule has 0 aliphatic rings. The number of aromatic nitrogens is 3. The van der Waals surface area contributed by atoms with Crippen LogP contribution >= 0.6 is 23.1 Å². The second-order valence-electron chi connectivity index (χ2n) is 4.78. The Morgan fingerprint density at radius 3 is 3.05 bits per heavy atom. The third kappa shape index (κ3) is 3.00. The minimum atomic E-state index is -0.207. The van der Waals surface area contributed by atoms with Crippen molar-refractivity contribution in [2.75, 3.05) is 11.9 Å². The van der Waals surface area contributed by atoms with E-state index in [9.17, 15) is 4.79 Å². The summed E-state index contributed by atoms with van der Waals surface area (Å²) in [6.45, 7) is 4.73. The standard InChI is InChI=1S/C15H16N4OS2/c1-3-16-14-18-19-15(22-14)21-9(2)13(20)11-8-17-12-7-5-4-6-10(11)12/h4-9,17H,3H2,1-2H3,(H,16,18)/t9-/m1/s1. The maximum Gasteiger partial charge on any atom is 0.206 e. The molecule has 0 spiro atoms. The molecule has 114 valence electrons. The number of Topliss-reactive ketones (excluding diaryl/α,β-unsaturated/α-hetero) is 1. The van der Waals surface area contributed by atoms with Gasteiger partial charge in [0.2, 0.25) is 5.13 Å². The summed E-state index contributed by atoms with van der Waals surface area (Å²) in [7, 11) is 0. The van der Waals surface area contributed by atoms with Crippen LogP contribution in [0.2, 0.25) is 0 Å². The van der Waals surface area contributed by atoms with E-state index in [4.69, 9.17) is 0 Å². The first-order chi connectivity index (χ1) is 10.7. The molecule has 0 amide bonds. The molecular formula is C15H16N4OS2. The van der Waals surface area contributed by atoms with E-state index in [1.165, 1.54) is 23.1 Å². The molecule has 3 aromatic rings. The Bertz CT molecular complexity index is 796. The third-order valence-electron chi connectivity index (χ3n) is 3.24. The quantitative estimate of drug-likeness (QED) is 0.530. The van der Waals surface area contributed by atoms with Crippen LogP contribution < -0.4 is 5.32 Å². The van der Waals surface area contributed by atoms with Crippen LogP contribution in [0.25, 0.3) is 10.9 Å². The number of hydrogen-bond donors (Lipinski definition) is 2. The number of hydrogen-bond acceptors (Lipinski definition) is 6. The van der Waals surface area contributed by atoms with E-state index >= 15 is 0 Å². The average Bonchev–Trinajstić information content (AvgIpc) is 3.13. The number of para-hydroxylation sites is 1. The number of ketones is 1. The highest BCUT2D eigenvalue weighted by Gasteiger charge is 2.21. The number of fused-ring (bicyclic) bond motifs is 1. The Hall–Kier alpha value is -1.86. The number of rotatable bonds is 6. The number of carbonyl (C=O) groups excluding carboxylic acids is 1. The van der Waals surface area contributed by atoms with E-state index in [-0.39, 0.29) is 11.0 Å². The Morgan fingerprint density at radius 2 is 2.23 bits per heavy atom. The monoisotopic (exact) mass is 332 g/mol. The lowest BCUT2D eigenvalue weighted by molar-refractivity contribution is 0.0995. The van der Waals surface area contributed by atoms with Gasteiger partial charge in [-0.1, -0.05) is 41.3 Å². The van der Waals surface area contributed by atoms with Gasteiger partial charge in [0.25, 0.3) is 0 Å². The average molecular weight is 332 g/mol. The number of thioether (sulfide) groups is 1. The van der Waals surface area contributed by atoms with Crippen molar-refractivity contribution >= 4 is 44.9 Å². The summed E-state index contributed by atoms with van der Waals surface area (Å²) in [5, 5.41) is 12.8. The molecule has 1 aromatic carbocycles. The summed E-state index contributed by atoms with van der Waals surface area (Å²) in [6.07, 6.45) is 1.79. The van der Waals surface area contributed by atoms with E-state index in [2.05, 4.69) is 20.5 Å². The smallest absolute Gasteiger partial charge is 0.206 e. The van der Waals surface area contributed by atoms with Gasteiger partial charge in [0.05, 0.1) is 5.25 Å². The molecule has 0 unspecified atom stereocenters. The highest BCUT2D eigenvalue weighted by atomic mass is 32.2. The van der Waals surface area contributed by atoms with Crippen molar-refractivity contribution in [2.45, 2.75) is 23.4 Å². The number of aromatic amines is 1. The molecule has 2 aromatic heterocycles. The molecule has 22 heavy (non-hydrogen) atoms. The molecule has 3 rings (SSSR count). The molecule has 0 fully saturated rings. The number of H-pyrrole nitrogens is 1. The highest BCUT2D eigenvalue weighted by Crippen LogP contribution is 2.31. The fourth-order valence-electron chi connectivity index (χ4n) is 2.18. The van der Waals surface area contributed by atoms with Crippen LogP contribution in [0.1, 0.15) is 24.2 Å². The first-order valence-corrected chi connectivity index (χ1v) is 8.73. The molecule has 0 aliphatic carbocycles. The van der Waals surface area contributed by atoms with Crippen LogP contribution in [0.5, 0.6) is 0 Å². The zero-order chi connectivity index (χ0) is 15.5.